The monoisotopic (exact) mass is 663 g/mol. The van der Waals surface area contributed by atoms with Crippen LogP contribution in [0.5, 0.6) is 0 Å². The molecule has 0 fully saturated rings. The number of imidazole rings is 1. The lowest BCUT2D eigenvalue weighted by atomic mass is 10.0. The molecule has 1 heterocycles. The van der Waals surface area contributed by atoms with Gasteiger partial charge in [0.2, 0.25) is 0 Å². The van der Waals surface area contributed by atoms with Gasteiger partial charge in [-0.15, -0.1) is 0 Å². The van der Waals surface area contributed by atoms with Crippen molar-refractivity contribution in [1.82, 2.24) is 14.5 Å². The third kappa shape index (κ3) is 24.0. The third-order valence-corrected chi connectivity index (χ3v) is 9.03. The van der Waals surface area contributed by atoms with E-state index in [1.165, 1.54) is 75.5 Å². The van der Waals surface area contributed by atoms with Gasteiger partial charge >= 0.3 is 11.9 Å². The second-order valence-corrected chi connectivity index (χ2v) is 13.4. The number of unbranched alkanes of at least 4 members (excludes halogenated alkanes) is 14. The molecule has 9 heteroatoms. The number of rotatable bonds is 30. The Bertz CT molecular complexity index is 893. The number of carbonyl (C=O) groups excluding carboxylic acids is 3. The molecule has 0 saturated heterocycles. The Morgan fingerprint density at radius 3 is 1.96 bits per heavy atom. The highest BCUT2D eigenvalue weighted by molar-refractivity contribution is 8.13. The maximum Gasteiger partial charge on any atom is 0.326 e. The summed E-state index contributed by atoms with van der Waals surface area (Å²) in [5, 5.41) is -0.311. The number of thioether (sulfide) groups is 1. The van der Waals surface area contributed by atoms with Crippen molar-refractivity contribution in [3.63, 3.8) is 0 Å². The van der Waals surface area contributed by atoms with Crippen LogP contribution in [0.4, 0.5) is 4.79 Å². The number of aromatic nitrogens is 2. The standard InChI is InChI=1S/C37H65N3O5S/c1-4-7-10-13-16-19-22-29-44-35(41)31-40(37(43)46-30-23-27-39-28-26-38-33-39)32-36(42)45-34(24-20-17-14-11-8-5-2)25-21-18-15-12-9-6-3/h19,22,26,28,33-34H,4-18,20-21,23-25,27,29-32H2,1-3H3/b22-19-. The van der Waals surface area contributed by atoms with Crippen LogP contribution in [0.3, 0.4) is 0 Å². The van der Waals surface area contributed by atoms with Crippen molar-refractivity contribution in [3.8, 4) is 0 Å². The average Bonchev–Trinajstić information content (AvgIpc) is 3.57. The summed E-state index contributed by atoms with van der Waals surface area (Å²) in [6.45, 7) is 7.01. The van der Waals surface area contributed by atoms with Gasteiger partial charge in [0.05, 0.1) is 6.33 Å². The Hall–Kier alpha value is -2.29. The molecule has 0 bridgehead atoms. The molecule has 0 saturated carbocycles. The number of ether oxygens (including phenoxy) is 2. The van der Waals surface area contributed by atoms with Crippen molar-refractivity contribution in [3.05, 3.63) is 30.9 Å². The first-order chi connectivity index (χ1) is 22.5. The lowest BCUT2D eigenvalue weighted by Gasteiger charge is -2.23. The maximum atomic E-state index is 13.2. The van der Waals surface area contributed by atoms with Crippen LogP contribution in [0.1, 0.15) is 149 Å². The minimum Gasteiger partial charge on any atom is -0.461 e. The zero-order chi connectivity index (χ0) is 33.5. The summed E-state index contributed by atoms with van der Waals surface area (Å²) in [6.07, 6.45) is 31.5. The Balaban J connectivity index is 2.69. The SMILES string of the molecule is CCCCCC/C=C\COC(=O)CN(CC(=O)OC(CCCCCCCC)CCCCCCCC)C(=O)SCCCn1ccnc1. The van der Waals surface area contributed by atoms with Crippen LogP contribution in [0.25, 0.3) is 0 Å². The molecular weight excluding hydrogens is 598 g/mol. The molecule has 264 valence electrons. The lowest BCUT2D eigenvalue weighted by molar-refractivity contribution is -0.151. The molecule has 0 aromatic carbocycles. The van der Waals surface area contributed by atoms with E-state index >= 15 is 0 Å². The van der Waals surface area contributed by atoms with Gasteiger partial charge in [0.1, 0.15) is 25.8 Å². The molecule has 46 heavy (non-hydrogen) atoms. The Kier molecular flexibility index (Phi) is 27.3. The van der Waals surface area contributed by atoms with E-state index in [2.05, 4.69) is 25.8 Å². The predicted molar refractivity (Wildman–Crippen MR) is 191 cm³/mol. The first-order valence-electron chi connectivity index (χ1n) is 18.4. The van der Waals surface area contributed by atoms with Crippen LogP contribution >= 0.6 is 11.8 Å². The predicted octanol–water partition coefficient (Wildman–Crippen LogP) is 9.91. The van der Waals surface area contributed by atoms with Crippen LogP contribution in [-0.4, -0.2) is 63.2 Å². The fraction of sp³-hybridized carbons (Fsp3) is 0.784. The minimum atomic E-state index is -0.522. The molecule has 1 rings (SSSR count). The minimum absolute atomic E-state index is 0.154. The van der Waals surface area contributed by atoms with Crippen LogP contribution < -0.4 is 0 Å². The quantitative estimate of drug-likeness (QED) is 0.0460. The van der Waals surface area contributed by atoms with Gasteiger partial charge in [-0.1, -0.05) is 128 Å². The van der Waals surface area contributed by atoms with Crippen LogP contribution in [0.15, 0.2) is 30.9 Å². The van der Waals surface area contributed by atoms with E-state index in [4.69, 9.17) is 9.47 Å². The zero-order valence-electron chi connectivity index (χ0n) is 29.4. The molecule has 0 spiro atoms. The summed E-state index contributed by atoms with van der Waals surface area (Å²) in [4.78, 5) is 44.4. The van der Waals surface area contributed by atoms with Gasteiger partial charge in [-0.3, -0.25) is 14.4 Å². The van der Waals surface area contributed by atoms with Crippen molar-refractivity contribution in [2.75, 3.05) is 25.4 Å². The largest absolute Gasteiger partial charge is 0.461 e. The van der Waals surface area contributed by atoms with Crippen LogP contribution in [0.2, 0.25) is 0 Å². The second kappa shape index (κ2) is 30.1. The summed E-state index contributed by atoms with van der Waals surface area (Å²) in [5.41, 5.74) is 0. The van der Waals surface area contributed by atoms with E-state index in [1.807, 2.05) is 22.9 Å². The zero-order valence-corrected chi connectivity index (χ0v) is 30.2. The molecule has 0 aliphatic rings. The van der Waals surface area contributed by atoms with Gasteiger partial charge in [-0.2, -0.15) is 0 Å². The average molecular weight is 664 g/mol. The molecule has 8 nitrogen and oxygen atoms in total. The first-order valence-corrected chi connectivity index (χ1v) is 19.4. The van der Waals surface area contributed by atoms with E-state index in [1.54, 1.807) is 12.5 Å². The molecule has 0 unspecified atom stereocenters. The van der Waals surface area contributed by atoms with Gasteiger partial charge in [-0.05, 0) is 44.9 Å². The molecule has 1 aromatic rings. The molecule has 1 aromatic heterocycles. The van der Waals surface area contributed by atoms with E-state index in [0.29, 0.717) is 5.75 Å². The normalized spacial score (nSPS) is 11.4. The van der Waals surface area contributed by atoms with Crippen LogP contribution in [-0.2, 0) is 25.6 Å². The Morgan fingerprint density at radius 1 is 0.761 bits per heavy atom. The maximum absolute atomic E-state index is 13.2. The molecule has 0 atom stereocenters. The van der Waals surface area contributed by atoms with Crippen molar-refractivity contribution in [2.45, 2.75) is 162 Å². The first kappa shape index (κ1) is 41.7. The second-order valence-electron chi connectivity index (χ2n) is 12.4. The third-order valence-electron chi connectivity index (χ3n) is 8.03. The smallest absolute Gasteiger partial charge is 0.326 e. The number of carbonyl (C=O) groups is 3. The van der Waals surface area contributed by atoms with Crippen LogP contribution in [0, 0.1) is 0 Å². The van der Waals surface area contributed by atoms with Gasteiger partial charge in [0.25, 0.3) is 5.24 Å². The van der Waals surface area contributed by atoms with Crippen molar-refractivity contribution >= 4 is 28.9 Å². The molecule has 0 aliphatic carbocycles. The van der Waals surface area contributed by atoms with E-state index in [0.717, 1.165) is 76.1 Å². The molecule has 0 radical (unpaired) electrons. The lowest BCUT2D eigenvalue weighted by Crippen LogP contribution is -2.39. The van der Waals surface area contributed by atoms with E-state index in [-0.39, 0.29) is 31.0 Å². The summed E-state index contributed by atoms with van der Waals surface area (Å²) in [5.74, 6) is -0.405. The highest BCUT2D eigenvalue weighted by Crippen LogP contribution is 2.18. The highest BCUT2D eigenvalue weighted by Gasteiger charge is 2.24. The van der Waals surface area contributed by atoms with E-state index < -0.39 is 11.9 Å². The number of hydrogen-bond acceptors (Lipinski definition) is 7. The summed E-state index contributed by atoms with van der Waals surface area (Å²) >= 11 is 1.12. The number of aryl methyl sites for hydroxylation is 1. The number of esters is 2. The summed E-state index contributed by atoms with van der Waals surface area (Å²) in [6, 6.07) is 0. The van der Waals surface area contributed by atoms with Crippen molar-refractivity contribution < 1.29 is 23.9 Å². The van der Waals surface area contributed by atoms with Gasteiger partial charge < -0.3 is 18.9 Å². The molecule has 1 amide bonds. The molecular formula is C37H65N3O5S. The fourth-order valence-electron chi connectivity index (χ4n) is 5.27. The summed E-state index contributed by atoms with van der Waals surface area (Å²) < 4.78 is 13.3. The topological polar surface area (TPSA) is 90.7 Å². The van der Waals surface area contributed by atoms with Gasteiger partial charge in [-0.25, -0.2) is 4.98 Å². The summed E-state index contributed by atoms with van der Waals surface area (Å²) in [7, 11) is 0. The van der Waals surface area contributed by atoms with Gasteiger partial charge in [0, 0.05) is 24.7 Å². The fourth-order valence-corrected chi connectivity index (χ4v) is 6.02. The Labute approximate surface area is 284 Å². The van der Waals surface area contributed by atoms with E-state index in [9.17, 15) is 14.4 Å². The number of allylic oxidation sites excluding steroid dienone is 1. The van der Waals surface area contributed by atoms with Gasteiger partial charge in [0.15, 0.2) is 0 Å². The van der Waals surface area contributed by atoms with Crippen molar-refractivity contribution in [2.24, 2.45) is 0 Å². The molecule has 0 aliphatic heterocycles. The Morgan fingerprint density at radius 2 is 1.35 bits per heavy atom. The number of hydrogen-bond donors (Lipinski definition) is 0. The molecule has 0 N–H and O–H groups in total. The van der Waals surface area contributed by atoms with Crippen molar-refractivity contribution in [1.29, 1.82) is 0 Å². The number of amides is 1. The number of nitrogens with zero attached hydrogens (tertiary/aromatic N) is 3. The highest BCUT2D eigenvalue weighted by atomic mass is 32.2.